The molecule has 1 rings (SSSR count). The average molecular weight is 248 g/mol. The van der Waals surface area contributed by atoms with E-state index < -0.39 is 5.97 Å². The number of Topliss-reactive ketones (excluding diaryl/α,β-unsaturated/α-hetero) is 1. The van der Waals surface area contributed by atoms with Gasteiger partial charge in [-0.2, -0.15) is 0 Å². The summed E-state index contributed by atoms with van der Waals surface area (Å²) in [5, 5.41) is 0. The number of rotatable bonds is 7. The summed E-state index contributed by atoms with van der Waals surface area (Å²) < 4.78 is 9.97. The Hall–Kier alpha value is -2.10. The number of hydrogen-bond acceptors (Lipinski definition) is 4. The van der Waals surface area contributed by atoms with Crippen molar-refractivity contribution >= 4 is 11.8 Å². The van der Waals surface area contributed by atoms with Crippen molar-refractivity contribution in [1.29, 1.82) is 0 Å². The molecule has 0 aliphatic heterocycles. The Bertz CT molecular complexity index is 420. The van der Waals surface area contributed by atoms with E-state index in [-0.39, 0.29) is 19.0 Å². The molecule has 1 aromatic rings. The molecule has 1 aromatic carbocycles. The normalized spacial score (nSPS) is 9.61. The Morgan fingerprint density at radius 3 is 2.50 bits per heavy atom. The van der Waals surface area contributed by atoms with Crippen molar-refractivity contribution in [3.8, 4) is 5.75 Å². The summed E-state index contributed by atoms with van der Waals surface area (Å²) in [5.41, 5.74) is 0.638. The van der Waals surface area contributed by atoms with Gasteiger partial charge in [-0.15, -0.1) is 0 Å². The number of ketones is 1. The average Bonchev–Trinajstić information content (AvgIpc) is 2.42. The maximum atomic E-state index is 11.4. The zero-order chi connectivity index (χ0) is 13.4. The monoisotopic (exact) mass is 248 g/mol. The van der Waals surface area contributed by atoms with E-state index in [9.17, 15) is 9.59 Å². The standard InChI is InChI=1S/C14H16O4/c1-3-9-17-14(16)10-18-12-7-5-11(6-8-12)13(15)4-2/h3,5-8H,1,4,9-10H2,2H3. The molecule has 0 aliphatic rings. The van der Waals surface area contributed by atoms with Gasteiger partial charge >= 0.3 is 5.97 Å². The minimum absolute atomic E-state index is 0.0759. The zero-order valence-corrected chi connectivity index (χ0v) is 10.3. The minimum atomic E-state index is -0.455. The highest BCUT2D eigenvalue weighted by Crippen LogP contribution is 2.13. The predicted molar refractivity (Wildman–Crippen MR) is 67.7 cm³/mol. The zero-order valence-electron chi connectivity index (χ0n) is 10.3. The molecule has 0 heterocycles. The summed E-state index contributed by atoms with van der Waals surface area (Å²) in [7, 11) is 0. The smallest absolute Gasteiger partial charge is 0.344 e. The van der Waals surface area contributed by atoms with Crippen LogP contribution in [0, 0.1) is 0 Å². The van der Waals surface area contributed by atoms with E-state index in [1.165, 1.54) is 6.08 Å². The largest absolute Gasteiger partial charge is 0.482 e. The summed E-state index contributed by atoms with van der Waals surface area (Å²) in [6.45, 7) is 5.26. The Kier molecular flexibility index (Phi) is 5.64. The first-order chi connectivity index (χ1) is 8.67. The predicted octanol–water partition coefficient (Wildman–Crippen LogP) is 2.39. The van der Waals surface area contributed by atoms with E-state index in [0.717, 1.165) is 0 Å². The van der Waals surface area contributed by atoms with Gasteiger partial charge in [-0.1, -0.05) is 19.6 Å². The van der Waals surface area contributed by atoms with Crippen molar-refractivity contribution < 1.29 is 19.1 Å². The lowest BCUT2D eigenvalue weighted by Gasteiger charge is -2.06. The lowest BCUT2D eigenvalue weighted by molar-refractivity contribution is -0.144. The van der Waals surface area contributed by atoms with E-state index in [0.29, 0.717) is 17.7 Å². The van der Waals surface area contributed by atoms with Crippen molar-refractivity contribution in [1.82, 2.24) is 0 Å². The third kappa shape index (κ3) is 4.41. The number of esters is 1. The van der Waals surface area contributed by atoms with Crippen LogP contribution in [0.5, 0.6) is 5.75 Å². The maximum absolute atomic E-state index is 11.4. The first-order valence-electron chi connectivity index (χ1n) is 5.70. The van der Waals surface area contributed by atoms with Gasteiger partial charge in [-0.25, -0.2) is 4.79 Å². The molecule has 0 radical (unpaired) electrons. The molecular weight excluding hydrogens is 232 g/mol. The quantitative estimate of drug-likeness (QED) is 0.422. The molecule has 0 aromatic heterocycles. The van der Waals surface area contributed by atoms with Crippen LogP contribution in [0.2, 0.25) is 0 Å². The summed E-state index contributed by atoms with van der Waals surface area (Å²) in [6.07, 6.45) is 1.96. The van der Waals surface area contributed by atoms with Crippen molar-refractivity contribution in [3.63, 3.8) is 0 Å². The fourth-order valence-electron chi connectivity index (χ4n) is 1.28. The highest BCUT2D eigenvalue weighted by atomic mass is 16.6. The Balaban J connectivity index is 2.46. The van der Waals surface area contributed by atoms with Gasteiger partial charge in [0.15, 0.2) is 12.4 Å². The summed E-state index contributed by atoms with van der Waals surface area (Å²) >= 11 is 0. The fourth-order valence-corrected chi connectivity index (χ4v) is 1.28. The molecule has 4 nitrogen and oxygen atoms in total. The van der Waals surface area contributed by atoms with E-state index >= 15 is 0 Å². The first kappa shape index (κ1) is 14.0. The second kappa shape index (κ2) is 7.27. The number of ether oxygens (including phenoxy) is 2. The Labute approximate surface area is 106 Å². The van der Waals surface area contributed by atoms with E-state index in [4.69, 9.17) is 9.47 Å². The number of hydrogen-bond donors (Lipinski definition) is 0. The Morgan fingerprint density at radius 1 is 1.28 bits per heavy atom. The van der Waals surface area contributed by atoms with Crippen LogP contribution in [0.25, 0.3) is 0 Å². The van der Waals surface area contributed by atoms with E-state index in [1.54, 1.807) is 24.3 Å². The van der Waals surface area contributed by atoms with Crippen LogP contribution < -0.4 is 4.74 Å². The molecule has 18 heavy (non-hydrogen) atoms. The number of benzene rings is 1. The van der Waals surface area contributed by atoms with Crippen LogP contribution in [0.15, 0.2) is 36.9 Å². The van der Waals surface area contributed by atoms with Crippen molar-refractivity contribution in [2.75, 3.05) is 13.2 Å². The highest BCUT2D eigenvalue weighted by molar-refractivity contribution is 5.95. The van der Waals surface area contributed by atoms with Crippen LogP contribution in [-0.2, 0) is 9.53 Å². The van der Waals surface area contributed by atoms with Gasteiger partial charge in [0.05, 0.1) is 0 Å². The lowest BCUT2D eigenvalue weighted by atomic mass is 10.1. The lowest BCUT2D eigenvalue weighted by Crippen LogP contribution is -2.14. The van der Waals surface area contributed by atoms with Gasteiger partial charge in [-0.05, 0) is 24.3 Å². The topological polar surface area (TPSA) is 52.6 Å². The molecule has 96 valence electrons. The van der Waals surface area contributed by atoms with Crippen LogP contribution in [0.1, 0.15) is 23.7 Å². The van der Waals surface area contributed by atoms with Gasteiger partial charge in [0.1, 0.15) is 12.4 Å². The summed E-state index contributed by atoms with van der Waals surface area (Å²) in [5.74, 6) is 0.147. The fraction of sp³-hybridized carbons (Fsp3) is 0.286. The van der Waals surface area contributed by atoms with Crippen molar-refractivity contribution in [3.05, 3.63) is 42.5 Å². The van der Waals surface area contributed by atoms with Crippen molar-refractivity contribution in [2.45, 2.75) is 13.3 Å². The molecule has 0 saturated heterocycles. The van der Waals surface area contributed by atoms with Gasteiger partial charge in [0.25, 0.3) is 0 Å². The number of carbonyl (C=O) groups excluding carboxylic acids is 2. The highest BCUT2D eigenvalue weighted by Gasteiger charge is 2.05. The van der Waals surface area contributed by atoms with Crippen LogP contribution in [0.4, 0.5) is 0 Å². The molecule has 0 bridgehead atoms. The molecule has 0 amide bonds. The van der Waals surface area contributed by atoms with Crippen LogP contribution in [-0.4, -0.2) is 25.0 Å². The van der Waals surface area contributed by atoms with E-state index in [2.05, 4.69) is 6.58 Å². The Morgan fingerprint density at radius 2 is 1.94 bits per heavy atom. The second-order valence-electron chi connectivity index (χ2n) is 3.56. The molecule has 0 atom stereocenters. The van der Waals surface area contributed by atoms with Gasteiger partial charge in [0, 0.05) is 12.0 Å². The third-order valence-corrected chi connectivity index (χ3v) is 2.22. The molecule has 0 fully saturated rings. The number of carbonyl (C=O) groups is 2. The molecule has 0 aliphatic carbocycles. The molecule has 4 heteroatoms. The first-order valence-corrected chi connectivity index (χ1v) is 5.70. The molecule has 0 N–H and O–H groups in total. The molecular formula is C14H16O4. The molecule has 0 spiro atoms. The summed E-state index contributed by atoms with van der Waals surface area (Å²) in [6, 6.07) is 6.67. The second-order valence-corrected chi connectivity index (χ2v) is 3.56. The van der Waals surface area contributed by atoms with Crippen LogP contribution >= 0.6 is 0 Å². The third-order valence-electron chi connectivity index (χ3n) is 2.22. The SMILES string of the molecule is C=CCOC(=O)COc1ccc(C(=O)CC)cc1. The minimum Gasteiger partial charge on any atom is -0.482 e. The van der Waals surface area contributed by atoms with Gasteiger partial charge < -0.3 is 9.47 Å². The van der Waals surface area contributed by atoms with Crippen LogP contribution in [0.3, 0.4) is 0 Å². The van der Waals surface area contributed by atoms with E-state index in [1.807, 2.05) is 6.92 Å². The molecule has 0 saturated carbocycles. The van der Waals surface area contributed by atoms with Gasteiger partial charge in [-0.3, -0.25) is 4.79 Å². The van der Waals surface area contributed by atoms with Gasteiger partial charge in [0.2, 0.25) is 0 Å². The van der Waals surface area contributed by atoms with Crippen molar-refractivity contribution in [2.24, 2.45) is 0 Å². The summed E-state index contributed by atoms with van der Waals surface area (Å²) in [4.78, 5) is 22.5. The maximum Gasteiger partial charge on any atom is 0.344 e. The molecule has 0 unspecified atom stereocenters.